The van der Waals surface area contributed by atoms with Crippen molar-refractivity contribution in [3.05, 3.63) is 12.1 Å². The van der Waals surface area contributed by atoms with E-state index in [0.29, 0.717) is 30.5 Å². The van der Waals surface area contributed by atoms with Crippen LogP contribution in [0.2, 0.25) is 0 Å². The standard InChI is InChI=1S/C9H12N2O2/c1-2-12-7-4-3-6-9(8(7)10)13-5-11-6/h3-4,11H,2,5,10H2,1H3. The van der Waals surface area contributed by atoms with E-state index in [1.165, 1.54) is 0 Å². The van der Waals surface area contributed by atoms with Gasteiger partial charge in [-0.25, -0.2) is 0 Å². The van der Waals surface area contributed by atoms with Crippen LogP contribution >= 0.6 is 0 Å². The topological polar surface area (TPSA) is 56.5 Å². The first-order chi connectivity index (χ1) is 6.33. The van der Waals surface area contributed by atoms with Gasteiger partial charge in [0.05, 0.1) is 12.3 Å². The normalized spacial score (nSPS) is 13.0. The molecular weight excluding hydrogens is 168 g/mol. The smallest absolute Gasteiger partial charge is 0.171 e. The van der Waals surface area contributed by atoms with Gasteiger partial charge >= 0.3 is 0 Å². The number of nitrogens with two attached hydrogens (primary N) is 1. The van der Waals surface area contributed by atoms with Crippen LogP contribution in [-0.4, -0.2) is 13.3 Å². The monoisotopic (exact) mass is 180 g/mol. The Morgan fingerprint density at radius 2 is 2.46 bits per heavy atom. The van der Waals surface area contributed by atoms with Crippen molar-refractivity contribution in [1.82, 2.24) is 0 Å². The molecule has 0 saturated carbocycles. The summed E-state index contributed by atoms with van der Waals surface area (Å²) in [6, 6.07) is 3.75. The highest BCUT2D eigenvalue weighted by Crippen LogP contribution is 2.40. The Bertz CT molecular complexity index is 326. The van der Waals surface area contributed by atoms with Crippen molar-refractivity contribution in [2.45, 2.75) is 6.92 Å². The summed E-state index contributed by atoms with van der Waals surface area (Å²) in [6.07, 6.45) is 0. The average Bonchev–Trinajstić information content (AvgIpc) is 2.58. The second-order valence-corrected chi connectivity index (χ2v) is 2.75. The summed E-state index contributed by atoms with van der Waals surface area (Å²) in [5.74, 6) is 1.39. The fourth-order valence-corrected chi connectivity index (χ4v) is 1.34. The Balaban J connectivity index is 2.40. The molecule has 3 N–H and O–H groups in total. The maximum absolute atomic E-state index is 5.83. The maximum Gasteiger partial charge on any atom is 0.171 e. The molecule has 0 aromatic heterocycles. The van der Waals surface area contributed by atoms with E-state index in [-0.39, 0.29) is 0 Å². The molecule has 4 heteroatoms. The van der Waals surface area contributed by atoms with Crippen molar-refractivity contribution in [3.8, 4) is 11.5 Å². The third kappa shape index (κ3) is 1.24. The van der Waals surface area contributed by atoms with Gasteiger partial charge in [-0.2, -0.15) is 0 Å². The minimum atomic E-state index is 0.481. The first-order valence-electron chi connectivity index (χ1n) is 4.25. The lowest BCUT2D eigenvalue weighted by molar-refractivity contribution is 0.337. The fourth-order valence-electron chi connectivity index (χ4n) is 1.34. The molecule has 1 heterocycles. The Kier molecular flexibility index (Phi) is 1.88. The van der Waals surface area contributed by atoms with Crippen LogP contribution in [0, 0.1) is 0 Å². The highest BCUT2D eigenvalue weighted by Gasteiger charge is 2.17. The number of ether oxygens (including phenoxy) is 2. The molecule has 2 rings (SSSR count). The lowest BCUT2D eigenvalue weighted by Gasteiger charge is -2.08. The van der Waals surface area contributed by atoms with Crippen molar-refractivity contribution in [2.24, 2.45) is 0 Å². The van der Waals surface area contributed by atoms with E-state index in [4.69, 9.17) is 15.2 Å². The van der Waals surface area contributed by atoms with Crippen LogP contribution in [0.1, 0.15) is 6.92 Å². The highest BCUT2D eigenvalue weighted by atomic mass is 16.5. The highest BCUT2D eigenvalue weighted by molar-refractivity contribution is 5.76. The number of rotatable bonds is 2. The molecular formula is C9H12N2O2. The van der Waals surface area contributed by atoms with Crippen LogP contribution in [0.25, 0.3) is 0 Å². The quantitative estimate of drug-likeness (QED) is 0.676. The van der Waals surface area contributed by atoms with Crippen molar-refractivity contribution in [2.75, 3.05) is 24.4 Å². The summed E-state index contributed by atoms with van der Waals surface area (Å²) < 4.78 is 10.6. The zero-order valence-corrected chi connectivity index (χ0v) is 7.46. The first-order valence-corrected chi connectivity index (χ1v) is 4.25. The number of hydrogen-bond acceptors (Lipinski definition) is 4. The zero-order chi connectivity index (χ0) is 9.26. The second kappa shape index (κ2) is 3.05. The van der Waals surface area contributed by atoms with Crippen molar-refractivity contribution < 1.29 is 9.47 Å². The van der Waals surface area contributed by atoms with E-state index in [1.807, 2.05) is 19.1 Å². The zero-order valence-electron chi connectivity index (χ0n) is 7.46. The van der Waals surface area contributed by atoms with E-state index < -0.39 is 0 Å². The molecule has 1 aromatic rings. The van der Waals surface area contributed by atoms with Crippen molar-refractivity contribution >= 4 is 11.4 Å². The third-order valence-corrected chi connectivity index (χ3v) is 1.94. The molecule has 0 atom stereocenters. The van der Waals surface area contributed by atoms with Crippen LogP contribution in [-0.2, 0) is 0 Å². The largest absolute Gasteiger partial charge is 0.492 e. The van der Waals surface area contributed by atoms with E-state index >= 15 is 0 Å². The van der Waals surface area contributed by atoms with Gasteiger partial charge in [-0.3, -0.25) is 0 Å². The minimum absolute atomic E-state index is 0.481. The Morgan fingerprint density at radius 1 is 1.62 bits per heavy atom. The van der Waals surface area contributed by atoms with Crippen molar-refractivity contribution in [1.29, 1.82) is 0 Å². The van der Waals surface area contributed by atoms with Crippen LogP contribution in [0.5, 0.6) is 11.5 Å². The van der Waals surface area contributed by atoms with Gasteiger partial charge in [0.15, 0.2) is 12.5 Å². The van der Waals surface area contributed by atoms with Gasteiger partial charge in [-0.1, -0.05) is 0 Å². The number of hydrogen-bond donors (Lipinski definition) is 2. The molecule has 0 bridgehead atoms. The van der Waals surface area contributed by atoms with Gasteiger partial charge in [0, 0.05) is 0 Å². The molecule has 0 fully saturated rings. The van der Waals surface area contributed by atoms with Crippen molar-refractivity contribution in [3.63, 3.8) is 0 Å². The number of fused-ring (bicyclic) bond motifs is 1. The minimum Gasteiger partial charge on any atom is -0.492 e. The van der Waals surface area contributed by atoms with E-state index in [9.17, 15) is 0 Å². The number of nitrogens with one attached hydrogen (secondary N) is 1. The third-order valence-electron chi connectivity index (χ3n) is 1.94. The molecule has 0 aliphatic carbocycles. The van der Waals surface area contributed by atoms with E-state index in [0.717, 1.165) is 5.69 Å². The van der Waals surface area contributed by atoms with Gasteiger partial charge in [0.1, 0.15) is 11.4 Å². The Hall–Kier alpha value is -1.58. The predicted octanol–water partition coefficient (Wildman–Crippen LogP) is 1.43. The molecule has 13 heavy (non-hydrogen) atoms. The van der Waals surface area contributed by atoms with Gasteiger partial charge < -0.3 is 20.5 Å². The Labute approximate surface area is 76.6 Å². The average molecular weight is 180 g/mol. The van der Waals surface area contributed by atoms with Crippen LogP contribution in [0.4, 0.5) is 11.4 Å². The summed E-state index contributed by atoms with van der Waals surface area (Å²) in [6.45, 7) is 3.01. The number of nitrogen functional groups attached to an aromatic ring is 1. The maximum atomic E-state index is 5.83. The Morgan fingerprint density at radius 3 is 3.23 bits per heavy atom. The number of benzene rings is 1. The van der Waals surface area contributed by atoms with Crippen LogP contribution in [0.15, 0.2) is 12.1 Å². The molecule has 4 nitrogen and oxygen atoms in total. The van der Waals surface area contributed by atoms with Gasteiger partial charge in [-0.05, 0) is 19.1 Å². The fraction of sp³-hybridized carbons (Fsp3) is 0.333. The van der Waals surface area contributed by atoms with Crippen LogP contribution < -0.4 is 20.5 Å². The molecule has 1 aliphatic heterocycles. The van der Waals surface area contributed by atoms with Gasteiger partial charge in [0.25, 0.3) is 0 Å². The lowest BCUT2D eigenvalue weighted by atomic mass is 10.2. The predicted molar refractivity (Wildman–Crippen MR) is 51.1 cm³/mol. The van der Waals surface area contributed by atoms with Gasteiger partial charge in [0.2, 0.25) is 0 Å². The lowest BCUT2D eigenvalue weighted by Crippen LogP contribution is -1.98. The molecule has 1 aromatic carbocycles. The van der Waals surface area contributed by atoms with Crippen LogP contribution in [0.3, 0.4) is 0 Å². The summed E-state index contributed by atoms with van der Waals surface area (Å²) in [5, 5.41) is 3.05. The molecule has 70 valence electrons. The molecule has 0 amide bonds. The number of anilines is 2. The second-order valence-electron chi connectivity index (χ2n) is 2.75. The summed E-state index contributed by atoms with van der Waals surface area (Å²) >= 11 is 0. The molecule has 0 unspecified atom stereocenters. The molecule has 1 aliphatic rings. The van der Waals surface area contributed by atoms with E-state index in [1.54, 1.807) is 0 Å². The summed E-state index contributed by atoms with van der Waals surface area (Å²) in [4.78, 5) is 0. The summed E-state index contributed by atoms with van der Waals surface area (Å²) in [7, 11) is 0. The summed E-state index contributed by atoms with van der Waals surface area (Å²) in [5.41, 5.74) is 7.34. The first kappa shape index (κ1) is 8.04. The van der Waals surface area contributed by atoms with E-state index in [2.05, 4.69) is 5.32 Å². The SMILES string of the molecule is CCOc1ccc2c(c1N)OCN2. The molecule has 0 radical (unpaired) electrons. The van der Waals surface area contributed by atoms with Gasteiger partial charge in [-0.15, -0.1) is 0 Å². The molecule has 0 saturated heterocycles. The molecule has 0 spiro atoms.